The lowest BCUT2D eigenvalue weighted by Crippen LogP contribution is -1.94. The number of hydrogen-bond donors (Lipinski definition) is 1. The molecule has 2 nitrogen and oxygen atoms in total. The third kappa shape index (κ3) is 2.84. The maximum atomic E-state index is 5.37. The number of nitrogens with two attached hydrogens (primary N) is 1. The highest BCUT2D eigenvalue weighted by Crippen LogP contribution is 2.09. The number of aromatic nitrogens is 1. The molecule has 0 atom stereocenters. The largest absolute Gasteiger partial charge is 0.326 e. The molecular weight excluding hydrogens is 191 g/mol. The summed E-state index contributed by atoms with van der Waals surface area (Å²) in [6.07, 6.45) is 0. The molecule has 1 aromatic heterocycles. The Labute approximate surface area is 76.7 Å². The van der Waals surface area contributed by atoms with Gasteiger partial charge < -0.3 is 5.73 Å². The molecule has 0 bridgehead atoms. The lowest BCUT2D eigenvalue weighted by atomic mass is 10.4. The smallest absolute Gasteiger partial charge is 0.0798 e. The van der Waals surface area contributed by atoms with E-state index in [1.807, 2.05) is 12.4 Å². The van der Waals surface area contributed by atoms with E-state index in [4.69, 9.17) is 5.73 Å². The van der Waals surface area contributed by atoms with Crippen LogP contribution in [0, 0.1) is 6.92 Å². The predicted molar refractivity (Wildman–Crippen MR) is 49.2 cm³/mol. The summed E-state index contributed by atoms with van der Waals surface area (Å²) in [5.74, 6) is 0. The van der Waals surface area contributed by atoms with E-state index < -0.39 is 0 Å². The monoisotopic (exact) mass is 200 g/mol. The molecule has 0 radical (unpaired) electrons. The summed E-state index contributed by atoms with van der Waals surface area (Å²) in [5.41, 5.74) is 8.25. The molecule has 2 N–H and O–H groups in total. The molecule has 0 aliphatic carbocycles. The predicted octanol–water partition coefficient (Wildman–Crippen LogP) is 1.75. The standard InChI is InChI=1S/C5H8N2S.2ClH/c1-4-5(2-6)8-3-7-4;;/h3H,2,6H2,1H3;2*1H. The molecule has 1 rings (SSSR count). The fourth-order valence-corrected chi connectivity index (χ4v) is 1.18. The third-order valence-electron chi connectivity index (χ3n) is 1.03. The van der Waals surface area contributed by atoms with E-state index in [0.29, 0.717) is 6.54 Å². The lowest BCUT2D eigenvalue weighted by Gasteiger charge is -1.86. The lowest BCUT2D eigenvalue weighted by molar-refractivity contribution is 1.06. The van der Waals surface area contributed by atoms with Crippen LogP contribution in [0.1, 0.15) is 10.6 Å². The molecule has 10 heavy (non-hydrogen) atoms. The zero-order valence-electron chi connectivity index (χ0n) is 5.53. The van der Waals surface area contributed by atoms with Gasteiger partial charge in [0.15, 0.2) is 0 Å². The van der Waals surface area contributed by atoms with E-state index in [-0.39, 0.29) is 24.8 Å². The Hall–Kier alpha value is 0.170. The van der Waals surface area contributed by atoms with Gasteiger partial charge in [-0.3, -0.25) is 0 Å². The Balaban J connectivity index is 0. The number of aryl methyl sites for hydroxylation is 1. The van der Waals surface area contributed by atoms with Gasteiger partial charge in [-0.15, -0.1) is 36.2 Å². The molecule has 5 heteroatoms. The normalized spacial score (nSPS) is 7.80. The van der Waals surface area contributed by atoms with Crippen molar-refractivity contribution >= 4 is 36.2 Å². The van der Waals surface area contributed by atoms with Gasteiger partial charge >= 0.3 is 0 Å². The first-order chi connectivity index (χ1) is 3.84. The highest BCUT2D eigenvalue weighted by Gasteiger charge is 1.94. The summed E-state index contributed by atoms with van der Waals surface area (Å²) < 4.78 is 0. The summed E-state index contributed by atoms with van der Waals surface area (Å²) in [7, 11) is 0. The minimum Gasteiger partial charge on any atom is -0.326 e. The van der Waals surface area contributed by atoms with Gasteiger partial charge in [-0.05, 0) is 6.92 Å². The second-order valence-corrected chi connectivity index (χ2v) is 2.50. The van der Waals surface area contributed by atoms with Crippen molar-refractivity contribution in [3.63, 3.8) is 0 Å². The van der Waals surface area contributed by atoms with Crippen LogP contribution < -0.4 is 5.73 Å². The van der Waals surface area contributed by atoms with E-state index >= 15 is 0 Å². The quantitative estimate of drug-likeness (QED) is 0.751. The molecule has 0 amide bonds. The van der Waals surface area contributed by atoms with Crippen LogP contribution >= 0.6 is 36.2 Å². The molecule has 1 heterocycles. The van der Waals surface area contributed by atoms with Gasteiger partial charge in [0, 0.05) is 11.4 Å². The SMILES string of the molecule is Cc1ncsc1CN.Cl.Cl. The first-order valence-electron chi connectivity index (χ1n) is 2.43. The second kappa shape index (κ2) is 5.92. The van der Waals surface area contributed by atoms with E-state index in [1.165, 1.54) is 4.88 Å². The van der Waals surface area contributed by atoms with Gasteiger partial charge in [0.05, 0.1) is 11.2 Å². The molecule has 0 saturated heterocycles. The van der Waals surface area contributed by atoms with Crippen LogP contribution in [0.15, 0.2) is 5.51 Å². The van der Waals surface area contributed by atoms with Crippen molar-refractivity contribution in [2.24, 2.45) is 5.73 Å². The number of rotatable bonds is 1. The van der Waals surface area contributed by atoms with Gasteiger partial charge in [-0.25, -0.2) is 4.98 Å². The Morgan fingerprint density at radius 1 is 1.60 bits per heavy atom. The first kappa shape index (κ1) is 12.8. The third-order valence-corrected chi connectivity index (χ3v) is 1.99. The van der Waals surface area contributed by atoms with Gasteiger partial charge in [0.2, 0.25) is 0 Å². The van der Waals surface area contributed by atoms with Crippen molar-refractivity contribution in [2.75, 3.05) is 0 Å². The molecule has 0 aliphatic rings. The number of halogens is 2. The average molecular weight is 201 g/mol. The van der Waals surface area contributed by atoms with Crippen molar-refractivity contribution in [2.45, 2.75) is 13.5 Å². The molecular formula is C5H10Cl2N2S. The van der Waals surface area contributed by atoms with Crippen molar-refractivity contribution in [3.8, 4) is 0 Å². The maximum Gasteiger partial charge on any atom is 0.0798 e. The Morgan fingerprint density at radius 2 is 2.20 bits per heavy atom. The van der Waals surface area contributed by atoms with Crippen LogP contribution in [-0.4, -0.2) is 4.98 Å². The van der Waals surface area contributed by atoms with Gasteiger partial charge in [0.1, 0.15) is 0 Å². The molecule has 0 unspecified atom stereocenters. The van der Waals surface area contributed by atoms with Gasteiger partial charge in [-0.2, -0.15) is 0 Å². The average Bonchev–Trinajstić information content (AvgIpc) is 2.14. The van der Waals surface area contributed by atoms with Crippen molar-refractivity contribution in [1.82, 2.24) is 4.98 Å². The van der Waals surface area contributed by atoms with Crippen LogP contribution in [0.2, 0.25) is 0 Å². The van der Waals surface area contributed by atoms with Crippen LogP contribution in [0.3, 0.4) is 0 Å². The molecule has 0 saturated carbocycles. The first-order valence-corrected chi connectivity index (χ1v) is 3.31. The second-order valence-electron chi connectivity index (χ2n) is 1.57. The van der Waals surface area contributed by atoms with Gasteiger partial charge in [0.25, 0.3) is 0 Å². The van der Waals surface area contributed by atoms with Crippen LogP contribution in [-0.2, 0) is 6.54 Å². The Morgan fingerprint density at radius 3 is 2.40 bits per heavy atom. The maximum absolute atomic E-state index is 5.37. The van der Waals surface area contributed by atoms with Gasteiger partial charge in [-0.1, -0.05) is 0 Å². The number of thiazole rings is 1. The van der Waals surface area contributed by atoms with E-state index in [9.17, 15) is 0 Å². The Kier molecular flexibility index (Phi) is 7.58. The molecule has 0 aromatic carbocycles. The van der Waals surface area contributed by atoms with E-state index in [0.717, 1.165) is 5.69 Å². The number of hydrogen-bond acceptors (Lipinski definition) is 3. The Bertz CT molecular complexity index is 178. The van der Waals surface area contributed by atoms with Crippen molar-refractivity contribution < 1.29 is 0 Å². The summed E-state index contributed by atoms with van der Waals surface area (Å²) in [5, 5.41) is 0. The molecule has 1 aromatic rings. The summed E-state index contributed by atoms with van der Waals surface area (Å²) in [6.45, 7) is 2.59. The summed E-state index contributed by atoms with van der Waals surface area (Å²) in [4.78, 5) is 5.21. The highest BCUT2D eigenvalue weighted by atomic mass is 35.5. The molecule has 0 aliphatic heterocycles. The number of nitrogens with zero attached hydrogens (tertiary/aromatic N) is 1. The molecule has 0 spiro atoms. The zero-order chi connectivity index (χ0) is 5.98. The minimum absolute atomic E-state index is 0. The highest BCUT2D eigenvalue weighted by molar-refractivity contribution is 7.09. The summed E-state index contributed by atoms with van der Waals surface area (Å²) in [6, 6.07) is 0. The topological polar surface area (TPSA) is 38.9 Å². The molecule has 0 fully saturated rings. The van der Waals surface area contributed by atoms with Crippen molar-refractivity contribution in [1.29, 1.82) is 0 Å². The van der Waals surface area contributed by atoms with Crippen LogP contribution in [0.5, 0.6) is 0 Å². The molecule has 60 valence electrons. The van der Waals surface area contributed by atoms with Crippen LogP contribution in [0.25, 0.3) is 0 Å². The van der Waals surface area contributed by atoms with Crippen LogP contribution in [0.4, 0.5) is 0 Å². The fourth-order valence-electron chi connectivity index (χ4n) is 0.522. The van der Waals surface area contributed by atoms with E-state index in [1.54, 1.807) is 11.3 Å². The minimum atomic E-state index is 0. The zero-order valence-corrected chi connectivity index (χ0v) is 7.98. The van der Waals surface area contributed by atoms with Crippen molar-refractivity contribution in [3.05, 3.63) is 16.1 Å². The summed E-state index contributed by atoms with van der Waals surface area (Å²) >= 11 is 1.61. The fraction of sp³-hybridized carbons (Fsp3) is 0.400. The van der Waals surface area contributed by atoms with E-state index in [2.05, 4.69) is 4.98 Å².